The lowest BCUT2D eigenvalue weighted by Gasteiger charge is -2.06. The van der Waals surface area contributed by atoms with E-state index in [0.29, 0.717) is 29.2 Å². The van der Waals surface area contributed by atoms with Crippen molar-refractivity contribution in [2.75, 3.05) is 0 Å². The molecule has 1 aromatic heterocycles. The first-order valence-corrected chi connectivity index (χ1v) is 7.15. The zero-order valence-electron chi connectivity index (χ0n) is 10.6. The quantitative estimate of drug-likeness (QED) is 0.808. The third-order valence-electron chi connectivity index (χ3n) is 4.19. The van der Waals surface area contributed by atoms with E-state index in [1.807, 2.05) is 12.1 Å². The van der Waals surface area contributed by atoms with E-state index in [9.17, 15) is 4.39 Å². The molecule has 1 aromatic carbocycles. The highest BCUT2D eigenvalue weighted by Gasteiger charge is 2.55. The molecule has 1 fully saturated rings. The Morgan fingerprint density at radius 3 is 2.85 bits per heavy atom. The van der Waals surface area contributed by atoms with Gasteiger partial charge >= 0.3 is 0 Å². The highest BCUT2D eigenvalue weighted by Crippen LogP contribution is 2.62. The molecule has 0 N–H and O–H groups in total. The number of nitrogens with zero attached hydrogens (tertiary/aromatic N) is 2. The van der Waals surface area contributed by atoms with E-state index in [0.717, 1.165) is 17.8 Å². The van der Waals surface area contributed by atoms with E-state index in [2.05, 4.69) is 16.2 Å². The van der Waals surface area contributed by atoms with Crippen molar-refractivity contribution in [1.29, 1.82) is 0 Å². The molecule has 0 unspecified atom stereocenters. The molecule has 1 saturated carbocycles. The van der Waals surface area contributed by atoms with E-state index in [1.165, 1.54) is 6.07 Å². The average Bonchev–Trinajstić information content (AvgIpc) is 2.87. The van der Waals surface area contributed by atoms with Gasteiger partial charge in [0, 0.05) is 11.5 Å². The second-order valence-electron chi connectivity index (χ2n) is 5.32. The fraction of sp³-hybridized carbons (Fsp3) is 0.333. The number of allylic oxidation sites excluding steroid dienone is 2. The Morgan fingerprint density at radius 1 is 1.35 bits per heavy atom. The summed E-state index contributed by atoms with van der Waals surface area (Å²) in [6.07, 6.45) is 3.03. The van der Waals surface area contributed by atoms with Gasteiger partial charge in [-0.15, -0.1) is 11.6 Å². The van der Waals surface area contributed by atoms with Crippen LogP contribution < -0.4 is 0 Å². The summed E-state index contributed by atoms with van der Waals surface area (Å²) in [7, 11) is 0. The predicted molar refractivity (Wildman–Crippen MR) is 72.6 cm³/mol. The first kappa shape index (κ1) is 12.1. The van der Waals surface area contributed by atoms with Crippen LogP contribution >= 0.6 is 11.6 Å². The van der Waals surface area contributed by atoms with Gasteiger partial charge in [0.2, 0.25) is 5.89 Å². The Hall–Kier alpha value is -1.68. The normalized spacial score (nSPS) is 27.3. The van der Waals surface area contributed by atoms with Crippen LogP contribution in [0.3, 0.4) is 0 Å². The number of hydrogen-bond donors (Lipinski definition) is 0. The molecule has 0 aliphatic heterocycles. The molecule has 0 saturated heterocycles. The van der Waals surface area contributed by atoms with Gasteiger partial charge in [0.1, 0.15) is 11.7 Å². The fourth-order valence-electron chi connectivity index (χ4n) is 3.19. The second kappa shape index (κ2) is 4.42. The number of benzene rings is 1. The van der Waals surface area contributed by atoms with Crippen molar-refractivity contribution in [2.24, 2.45) is 11.8 Å². The van der Waals surface area contributed by atoms with Gasteiger partial charge in [0.15, 0.2) is 5.82 Å². The van der Waals surface area contributed by atoms with Gasteiger partial charge in [0.05, 0.1) is 0 Å². The lowest BCUT2D eigenvalue weighted by atomic mass is 10.0. The van der Waals surface area contributed by atoms with Crippen LogP contribution in [0.4, 0.5) is 4.39 Å². The third-order valence-corrected chi connectivity index (χ3v) is 4.42. The minimum Gasteiger partial charge on any atom is -0.338 e. The van der Waals surface area contributed by atoms with Crippen molar-refractivity contribution >= 4 is 17.2 Å². The number of rotatable bonds is 3. The minimum absolute atomic E-state index is 0.152. The maximum Gasteiger partial charge on any atom is 0.241 e. The van der Waals surface area contributed by atoms with Crippen LogP contribution in [-0.2, 0) is 5.88 Å². The van der Waals surface area contributed by atoms with Gasteiger partial charge in [-0.25, -0.2) is 4.39 Å². The molecule has 2 aliphatic rings. The number of hydrogen-bond acceptors (Lipinski definition) is 3. The van der Waals surface area contributed by atoms with E-state index < -0.39 is 0 Å². The van der Waals surface area contributed by atoms with Crippen LogP contribution in [-0.4, -0.2) is 10.1 Å². The van der Waals surface area contributed by atoms with Crippen LogP contribution in [0.5, 0.6) is 0 Å². The summed E-state index contributed by atoms with van der Waals surface area (Å²) in [6, 6.07) is 6.92. The largest absolute Gasteiger partial charge is 0.338 e. The lowest BCUT2D eigenvalue weighted by Crippen LogP contribution is -1.94. The van der Waals surface area contributed by atoms with Gasteiger partial charge in [-0.1, -0.05) is 29.4 Å². The fourth-order valence-corrected chi connectivity index (χ4v) is 3.30. The van der Waals surface area contributed by atoms with Gasteiger partial charge in [-0.2, -0.15) is 4.98 Å². The maximum absolute atomic E-state index is 13.8. The van der Waals surface area contributed by atoms with Crippen molar-refractivity contribution < 1.29 is 8.91 Å². The highest BCUT2D eigenvalue weighted by atomic mass is 35.5. The van der Waals surface area contributed by atoms with Crippen molar-refractivity contribution in [1.82, 2.24) is 10.1 Å². The zero-order chi connectivity index (χ0) is 13.7. The molecule has 3 atom stereocenters. The smallest absolute Gasteiger partial charge is 0.241 e. The number of alkyl halides is 1. The summed E-state index contributed by atoms with van der Waals surface area (Å²) < 4.78 is 18.8. The standard InChI is InChI=1S/C15H12ClFN2O/c16-7-13-18-15(19-20-13)14-10-5-8(6-11(10)14)9-3-1-2-4-12(9)17/h1-5,10-11,14H,6-7H2/t10-,11+,14+/m0/s1. The van der Waals surface area contributed by atoms with Crippen LogP contribution in [0.2, 0.25) is 0 Å². The van der Waals surface area contributed by atoms with Crippen LogP contribution in [0.15, 0.2) is 34.9 Å². The van der Waals surface area contributed by atoms with Gasteiger partial charge < -0.3 is 4.52 Å². The lowest BCUT2D eigenvalue weighted by molar-refractivity contribution is 0.383. The molecule has 102 valence electrons. The van der Waals surface area contributed by atoms with Crippen molar-refractivity contribution in [3.63, 3.8) is 0 Å². The first-order chi connectivity index (χ1) is 9.78. The minimum atomic E-state index is -0.152. The highest BCUT2D eigenvalue weighted by molar-refractivity contribution is 6.16. The molecule has 20 heavy (non-hydrogen) atoms. The number of fused-ring (bicyclic) bond motifs is 1. The summed E-state index contributed by atoms with van der Waals surface area (Å²) in [4.78, 5) is 4.28. The molecule has 0 bridgehead atoms. The van der Waals surface area contributed by atoms with E-state index >= 15 is 0 Å². The molecular weight excluding hydrogens is 279 g/mol. The third kappa shape index (κ3) is 1.79. The van der Waals surface area contributed by atoms with E-state index in [-0.39, 0.29) is 11.7 Å². The molecular formula is C15H12ClFN2O. The predicted octanol–water partition coefficient (Wildman–Crippen LogP) is 3.76. The summed E-state index contributed by atoms with van der Waals surface area (Å²) in [5.41, 5.74) is 1.81. The van der Waals surface area contributed by atoms with Crippen LogP contribution in [0, 0.1) is 17.7 Å². The first-order valence-electron chi connectivity index (χ1n) is 6.62. The molecule has 4 rings (SSSR count). The number of aromatic nitrogens is 2. The van der Waals surface area contributed by atoms with Crippen molar-refractivity contribution in [3.05, 3.63) is 53.4 Å². The van der Waals surface area contributed by atoms with Crippen molar-refractivity contribution in [3.8, 4) is 0 Å². The maximum atomic E-state index is 13.8. The second-order valence-corrected chi connectivity index (χ2v) is 5.59. The Morgan fingerprint density at radius 2 is 2.20 bits per heavy atom. The monoisotopic (exact) mass is 290 g/mol. The average molecular weight is 291 g/mol. The Bertz CT molecular complexity index is 697. The molecule has 0 spiro atoms. The summed E-state index contributed by atoms with van der Waals surface area (Å²) in [5.74, 6) is 2.48. The van der Waals surface area contributed by atoms with Crippen LogP contribution in [0.25, 0.3) is 5.57 Å². The molecule has 2 aliphatic carbocycles. The van der Waals surface area contributed by atoms with Crippen molar-refractivity contribution in [2.45, 2.75) is 18.2 Å². The molecule has 0 radical (unpaired) electrons. The summed E-state index contributed by atoms with van der Waals surface area (Å²) >= 11 is 5.66. The molecule has 2 aromatic rings. The SMILES string of the molecule is Fc1ccccc1C1=C[C@H]2[C@@H](C1)[C@@H]2c1noc(CCl)n1. The van der Waals surface area contributed by atoms with E-state index in [1.54, 1.807) is 6.07 Å². The Balaban J connectivity index is 1.56. The van der Waals surface area contributed by atoms with Crippen LogP contribution in [0.1, 0.15) is 29.6 Å². The van der Waals surface area contributed by atoms with Gasteiger partial charge in [-0.05, 0) is 29.9 Å². The Kier molecular flexibility index (Phi) is 2.67. The van der Waals surface area contributed by atoms with Gasteiger partial charge in [-0.3, -0.25) is 0 Å². The van der Waals surface area contributed by atoms with Gasteiger partial charge in [0.25, 0.3) is 0 Å². The summed E-state index contributed by atoms with van der Waals surface area (Å²) in [5, 5.41) is 3.97. The Labute approximate surface area is 120 Å². The number of halogens is 2. The topological polar surface area (TPSA) is 38.9 Å². The summed E-state index contributed by atoms with van der Waals surface area (Å²) in [6.45, 7) is 0. The van der Waals surface area contributed by atoms with E-state index in [4.69, 9.17) is 16.1 Å². The molecule has 1 heterocycles. The molecule has 3 nitrogen and oxygen atoms in total. The molecule has 0 amide bonds. The molecule has 5 heteroatoms. The zero-order valence-corrected chi connectivity index (χ0v) is 11.3.